The summed E-state index contributed by atoms with van der Waals surface area (Å²) in [5.74, 6) is -0.384. The molecule has 0 atom stereocenters. The summed E-state index contributed by atoms with van der Waals surface area (Å²) < 4.78 is 13.3. The molecular weight excluding hydrogens is 243 g/mol. The van der Waals surface area contributed by atoms with Gasteiger partial charge in [-0.25, -0.2) is 4.39 Å². The fourth-order valence-corrected chi connectivity index (χ4v) is 1.84. The third-order valence-corrected chi connectivity index (χ3v) is 2.88. The van der Waals surface area contributed by atoms with E-state index in [1.165, 1.54) is 11.0 Å². The number of aromatic nitrogens is 1. The molecule has 0 spiro atoms. The number of halogens is 1. The molecule has 0 N–H and O–H groups in total. The second kappa shape index (κ2) is 5.18. The number of carbonyl (C=O) groups excluding carboxylic acids is 1. The van der Waals surface area contributed by atoms with E-state index >= 15 is 0 Å². The van der Waals surface area contributed by atoms with Gasteiger partial charge in [-0.15, -0.1) is 0 Å². The first-order chi connectivity index (χ1) is 9.00. The Labute approximate surface area is 111 Å². The Kier molecular flexibility index (Phi) is 3.60. The Morgan fingerprint density at radius 1 is 1.26 bits per heavy atom. The van der Waals surface area contributed by atoms with Gasteiger partial charge >= 0.3 is 0 Å². The van der Waals surface area contributed by atoms with E-state index in [4.69, 9.17) is 0 Å². The second-order valence-corrected chi connectivity index (χ2v) is 4.56. The summed E-state index contributed by atoms with van der Waals surface area (Å²) in [5, 5.41) is 0. The molecule has 1 aromatic heterocycles. The van der Waals surface area contributed by atoms with E-state index in [-0.39, 0.29) is 11.7 Å². The van der Waals surface area contributed by atoms with E-state index in [1.807, 2.05) is 0 Å². The molecule has 0 aliphatic carbocycles. The van der Waals surface area contributed by atoms with E-state index in [2.05, 4.69) is 4.98 Å². The maximum Gasteiger partial charge on any atom is 0.255 e. The molecule has 1 aromatic carbocycles. The molecule has 0 fully saturated rings. The van der Waals surface area contributed by atoms with Crippen molar-refractivity contribution in [3.05, 3.63) is 53.5 Å². The minimum atomic E-state index is -0.264. The standard InChI is InChI=1S/C15H15FN2O/c1-10-9-11(6-7-13(10)16)14-12(5-4-8-17-14)15(19)18(2)3/h4-9H,1-3H3. The maximum atomic E-state index is 13.3. The quantitative estimate of drug-likeness (QED) is 0.829. The van der Waals surface area contributed by atoms with Crippen molar-refractivity contribution in [1.82, 2.24) is 9.88 Å². The highest BCUT2D eigenvalue weighted by Crippen LogP contribution is 2.24. The van der Waals surface area contributed by atoms with E-state index in [0.29, 0.717) is 16.8 Å². The van der Waals surface area contributed by atoms with Crippen LogP contribution in [0.15, 0.2) is 36.5 Å². The zero-order valence-electron chi connectivity index (χ0n) is 11.1. The normalized spacial score (nSPS) is 10.3. The Morgan fingerprint density at radius 3 is 2.63 bits per heavy atom. The van der Waals surface area contributed by atoms with Crippen LogP contribution in [0, 0.1) is 12.7 Å². The predicted octanol–water partition coefficient (Wildman–Crippen LogP) is 2.90. The van der Waals surface area contributed by atoms with Crippen molar-refractivity contribution in [3.8, 4) is 11.3 Å². The molecular formula is C15H15FN2O. The molecule has 2 aromatic rings. The van der Waals surface area contributed by atoms with Crippen molar-refractivity contribution >= 4 is 5.91 Å². The smallest absolute Gasteiger partial charge is 0.255 e. The largest absolute Gasteiger partial charge is 0.345 e. The van der Waals surface area contributed by atoms with Crippen LogP contribution < -0.4 is 0 Å². The Bertz CT molecular complexity index is 623. The predicted molar refractivity (Wildman–Crippen MR) is 72.4 cm³/mol. The van der Waals surface area contributed by atoms with Crippen molar-refractivity contribution in [2.45, 2.75) is 6.92 Å². The van der Waals surface area contributed by atoms with Crippen LogP contribution in [0.3, 0.4) is 0 Å². The molecule has 0 bridgehead atoms. The number of nitrogens with zero attached hydrogens (tertiary/aromatic N) is 2. The van der Waals surface area contributed by atoms with Gasteiger partial charge in [0.25, 0.3) is 5.91 Å². The molecule has 1 heterocycles. The zero-order valence-corrected chi connectivity index (χ0v) is 11.1. The van der Waals surface area contributed by atoms with Crippen LogP contribution in [0.25, 0.3) is 11.3 Å². The summed E-state index contributed by atoms with van der Waals surface area (Å²) in [6, 6.07) is 8.17. The number of carbonyl (C=O) groups is 1. The van der Waals surface area contributed by atoms with Crippen LogP contribution in [0.1, 0.15) is 15.9 Å². The second-order valence-electron chi connectivity index (χ2n) is 4.56. The highest BCUT2D eigenvalue weighted by Gasteiger charge is 2.15. The van der Waals surface area contributed by atoms with E-state index in [0.717, 1.165) is 5.56 Å². The van der Waals surface area contributed by atoms with Crippen molar-refractivity contribution in [1.29, 1.82) is 0 Å². The lowest BCUT2D eigenvalue weighted by Crippen LogP contribution is -2.22. The van der Waals surface area contributed by atoms with E-state index < -0.39 is 0 Å². The SMILES string of the molecule is Cc1cc(-c2ncccc2C(=O)N(C)C)ccc1F. The van der Waals surface area contributed by atoms with Gasteiger partial charge in [0, 0.05) is 25.9 Å². The molecule has 0 saturated carbocycles. The molecule has 0 aliphatic rings. The molecule has 0 radical (unpaired) electrons. The summed E-state index contributed by atoms with van der Waals surface area (Å²) in [4.78, 5) is 17.9. The minimum absolute atomic E-state index is 0.120. The molecule has 2 rings (SSSR count). The lowest BCUT2D eigenvalue weighted by molar-refractivity contribution is 0.0828. The molecule has 0 aliphatic heterocycles. The van der Waals surface area contributed by atoms with Crippen molar-refractivity contribution in [2.24, 2.45) is 0 Å². The van der Waals surface area contributed by atoms with Gasteiger partial charge in [-0.3, -0.25) is 9.78 Å². The van der Waals surface area contributed by atoms with Crippen LogP contribution in [-0.4, -0.2) is 29.9 Å². The highest BCUT2D eigenvalue weighted by atomic mass is 19.1. The zero-order chi connectivity index (χ0) is 14.0. The third kappa shape index (κ3) is 2.62. The lowest BCUT2D eigenvalue weighted by Gasteiger charge is -2.13. The van der Waals surface area contributed by atoms with Gasteiger partial charge in [-0.05, 0) is 42.8 Å². The Balaban J connectivity index is 2.56. The van der Waals surface area contributed by atoms with Crippen LogP contribution >= 0.6 is 0 Å². The van der Waals surface area contributed by atoms with Crippen molar-refractivity contribution in [3.63, 3.8) is 0 Å². The van der Waals surface area contributed by atoms with Gasteiger partial charge in [0.2, 0.25) is 0 Å². The fraction of sp³-hybridized carbons (Fsp3) is 0.200. The van der Waals surface area contributed by atoms with Gasteiger partial charge in [0.15, 0.2) is 0 Å². The molecule has 19 heavy (non-hydrogen) atoms. The Morgan fingerprint density at radius 2 is 2.00 bits per heavy atom. The maximum absolute atomic E-state index is 13.3. The molecule has 4 heteroatoms. The summed E-state index contributed by atoms with van der Waals surface area (Å²) >= 11 is 0. The first kappa shape index (κ1) is 13.2. The first-order valence-electron chi connectivity index (χ1n) is 5.94. The van der Waals surface area contributed by atoms with Crippen molar-refractivity contribution in [2.75, 3.05) is 14.1 Å². The minimum Gasteiger partial charge on any atom is -0.345 e. The Hall–Kier alpha value is -2.23. The van der Waals surface area contributed by atoms with Gasteiger partial charge < -0.3 is 4.90 Å². The number of rotatable bonds is 2. The van der Waals surface area contributed by atoms with Gasteiger partial charge in [0.1, 0.15) is 5.82 Å². The average molecular weight is 258 g/mol. The monoisotopic (exact) mass is 258 g/mol. The summed E-state index contributed by atoms with van der Waals surface area (Å²) in [6.45, 7) is 1.69. The number of benzene rings is 1. The molecule has 0 unspecified atom stereocenters. The summed E-state index contributed by atoms with van der Waals surface area (Å²) in [5.41, 5.74) is 2.36. The molecule has 1 amide bonds. The number of amides is 1. The van der Waals surface area contributed by atoms with Gasteiger partial charge in [-0.1, -0.05) is 0 Å². The highest BCUT2D eigenvalue weighted by molar-refractivity contribution is 5.99. The van der Waals surface area contributed by atoms with Crippen LogP contribution in [0.4, 0.5) is 4.39 Å². The van der Waals surface area contributed by atoms with Gasteiger partial charge in [-0.2, -0.15) is 0 Å². The molecule has 3 nitrogen and oxygen atoms in total. The number of pyridine rings is 1. The van der Waals surface area contributed by atoms with Crippen molar-refractivity contribution < 1.29 is 9.18 Å². The number of hydrogen-bond donors (Lipinski definition) is 0. The van der Waals surface area contributed by atoms with E-state index in [9.17, 15) is 9.18 Å². The topological polar surface area (TPSA) is 33.2 Å². The number of hydrogen-bond acceptors (Lipinski definition) is 2. The van der Waals surface area contributed by atoms with Crippen LogP contribution in [-0.2, 0) is 0 Å². The molecule has 98 valence electrons. The average Bonchev–Trinajstić information content (AvgIpc) is 2.41. The fourth-order valence-electron chi connectivity index (χ4n) is 1.84. The van der Waals surface area contributed by atoms with E-state index in [1.54, 1.807) is 51.5 Å². The lowest BCUT2D eigenvalue weighted by atomic mass is 10.0. The summed E-state index contributed by atoms with van der Waals surface area (Å²) in [6.07, 6.45) is 1.63. The van der Waals surface area contributed by atoms with Crippen LogP contribution in [0.2, 0.25) is 0 Å². The molecule has 0 saturated heterocycles. The third-order valence-electron chi connectivity index (χ3n) is 2.88. The van der Waals surface area contributed by atoms with Gasteiger partial charge in [0.05, 0.1) is 11.3 Å². The van der Waals surface area contributed by atoms with Crippen LogP contribution in [0.5, 0.6) is 0 Å². The first-order valence-corrected chi connectivity index (χ1v) is 5.94. The number of aryl methyl sites for hydroxylation is 1. The summed E-state index contributed by atoms with van der Waals surface area (Å²) in [7, 11) is 3.38.